The first-order valence-corrected chi connectivity index (χ1v) is 10.4. The number of benzene rings is 1. The Morgan fingerprint density at radius 3 is 2.53 bits per heavy atom. The number of amides is 1. The zero-order valence-corrected chi connectivity index (χ0v) is 18.1. The van der Waals surface area contributed by atoms with Crippen LogP contribution in [0.2, 0.25) is 0 Å². The highest BCUT2D eigenvalue weighted by atomic mass is 16.5. The number of ether oxygens (including phenoxy) is 2. The van der Waals surface area contributed by atoms with Gasteiger partial charge in [-0.2, -0.15) is 0 Å². The standard InChI is InChI=1S/C24H31N3O3/c1-18-10-11-21-20(17-18)19(24(26-21)22-8-4-5-12-25-22)7-6-9-23(28)27(13-15-29-2)14-16-30-3/h4-5,8,10-12,17,26H,6-7,9,13-16H2,1-3H3. The van der Waals surface area contributed by atoms with Gasteiger partial charge in [-0.15, -0.1) is 0 Å². The average Bonchev–Trinajstić information content (AvgIpc) is 3.12. The van der Waals surface area contributed by atoms with Crippen molar-refractivity contribution in [2.75, 3.05) is 40.5 Å². The Kier molecular flexibility index (Phi) is 7.99. The van der Waals surface area contributed by atoms with Gasteiger partial charge in [-0.1, -0.05) is 17.7 Å². The van der Waals surface area contributed by atoms with Crippen LogP contribution in [0.3, 0.4) is 0 Å². The van der Waals surface area contributed by atoms with Gasteiger partial charge < -0.3 is 19.4 Å². The lowest BCUT2D eigenvalue weighted by Crippen LogP contribution is -2.36. The number of carbonyl (C=O) groups is 1. The normalized spacial score (nSPS) is 11.2. The van der Waals surface area contributed by atoms with Gasteiger partial charge in [0.1, 0.15) is 0 Å². The molecule has 3 rings (SSSR count). The summed E-state index contributed by atoms with van der Waals surface area (Å²) in [5.41, 5.74) is 5.51. The molecule has 0 aliphatic heterocycles. The number of aromatic nitrogens is 2. The lowest BCUT2D eigenvalue weighted by Gasteiger charge is -2.22. The van der Waals surface area contributed by atoms with Crippen LogP contribution < -0.4 is 0 Å². The lowest BCUT2D eigenvalue weighted by molar-refractivity contribution is -0.132. The van der Waals surface area contributed by atoms with Crippen LogP contribution in [-0.2, 0) is 20.7 Å². The third-order valence-corrected chi connectivity index (χ3v) is 5.28. The van der Waals surface area contributed by atoms with Crippen LogP contribution in [0.1, 0.15) is 24.0 Å². The lowest BCUT2D eigenvalue weighted by atomic mass is 10.0. The molecule has 0 bridgehead atoms. The first-order chi connectivity index (χ1) is 14.6. The molecule has 160 valence electrons. The van der Waals surface area contributed by atoms with E-state index < -0.39 is 0 Å². The summed E-state index contributed by atoms with van der Waals surface area (Å²) < 4.78 is 10.3. The number of nitrogens with zero attached hydrogens (tertiary/aromatic N) is 2. The Labute approximate surface area is 178 Å². The second-order valence-corrected chi connectivity index (χ2v) is 7.46. The van der Waals surface area contributed by atoms with Crippen molar-refractivity contribution in [3.63, 3.8) is 0 Å². The van der Waals surface area contributed by atoms with E-state index in [1.807, 2.05) is 29.3 Å². The predicted molar refractivity (Wildman–Crippen MR) is 120 cm³/mol. The van der Waals surface area contributed by atoms with E-state index in [0.29, 0.717) is 32.7 Å². The molecule has 2 aromatic heterocycles. The van der Waals surface area contributed by atoms with Gasteiger partial charge in [0, 0.05) is 50.8 Å². The maximum absolute atomic E-state index is 12.8. The third-order valence-electron chi connectivity index (χ3n) is 5.28. The number of hydrogen-bond acceptors (Lipinski definition) is 4. The number of nitrogens with one attached hydrogen (secondary N) is 1. The van der Waals surface area contributed by atoms with Gasteiger partial charge in [-0.05, 0) is 49.6 Å². The van der Waals surface area contributed by atoms with Gasteiger partial charge in [0.05, 0.1) is 24.6 Å². The number of aromatic amines is 1. The Morgan fingerprint density at radius 1 is 1.10 bits per heavy atom. The first kappa shape index (κ1) is 22.0. The molecule has 6 heteroatoms. The highest BCUT2D eigenvalue weighted by molar-refractivity contribution is 5.90. The van der Waals surface area contributed by atoms with Crippen LogP contribution in [0.4, 0.5) is 0 Å². The minimum Gasteiger partial charge on any atom is -0.383 e. The summed E-state index contributed by atoms with van der Waals surface area (Å²) in [6, 6.07) is 12.4. The first-order valence-electron chi connectivity index (χ1n) is 10.4. The number of carbonyl (C=O) groups excluding carboxylic acids is 1. The Balaban J connectivity index is 1.76. The Morgan fingerprint density at radius 2 is 1.87 bits per heavy atom. The minimum atomic E-state index is 0.138. The van der Waals surface area contributed by atoms with Crippen molar-refractivity contribution in [3.8, 4) is 11.4 Å². The quantitative estimate of drug-likeness (QED) is 0.520. The Hall–Kier alpha value is -2.70. The molecule has 0 unspecified atom stereocenters. The second kappa shape index (κ2) is 10.9. The van der Waals surface area contributed by atoms with Crippen molar-refractivity contribution in [3.05, 3.63) is 53.7 Å². The van der Waals surface area contributed by atoms with E-state index in [1.165, 1.54) is 16.5 Å². The average molecular weight is 410 g/mol. The zero-order valence-electron chi connectivity index (χ0n) is 18.1. The molecule has 2 heterocycles. The van der Waals surface area contributed by atoms with E-state index >= 15 is 0 Å². The summed E-state index contributed by atoms with van der Waals surface area (Å²) in [4.78, 5) is 22.6. The summed E-state index contributed by atoms with van der Waals surface area (Å²) in [6.45, 7) is 4.33. The zero-order chi connectivity index (χ0) is 21.3. The van der Waals surface area contributed by atoms with E-state index in [1.54, 1.807) is 14.2 Å². The van der Waals surface area contributed by atoms with Gasteiger partial charge in [-0.3, -0.25) is 9.78 Å². The fourth-order valence-corrected chi connectivity index (χ4v) is 3.69. The number of pyridine rings is 1. The van der Waals surface area contributed by atoms with Gasteiger partial charge in [0.25, 0.3) is 0 Å². The van der Waals surface area contributed by atoms with E-state index in [-0.39, 0.29) is 5.91 Å². The molecule has 0 saturated heterocycles. The van der Waals surface area contributed by atoms with Gasteiger partial charge in [0.2, 0.25) is 5.91 Å². The summed E-state index contributed by atoms with van der Waals surface area (Å²) in [5, 5.41) is 1.21. The van der Waals surface area contributed by atoms with Gasteiger partial charge >= 0.3 is 0 Å². The van der Waals surface area contributed by atoms with E-state index in [4.69, 9.17) is 9.47 Å². The van der Waals surface area contributed by atoms with Crippen molar-refractivity contribution in [1.82, 2.24) is 14.9 Å². The van der Waals surface area contributed by atoms with Crippen molar-refractivity contribution in [2.45, 2.75) is 26.2 Å². The largest absolute Gasteiger partial charge is 0.383 e. The molecule has 0 radical (unpaired) electrons. The SMILES string of the molecule is COCCN(CCOC)C(=O)CCCc1c(-c2ccccn2)[nH]c2ccc(C)cc12. The van der Waals surface area contributed by atoms with E-state index in [2.05, 4.69) is 35.1 Å². The fourth-order valence-electron chi connectivity index (χ4n) is 3.69. The molecule has 30 heavy (non-hydrogen) atoms. The summed E-state index contributed by atoms with van der Waals surface area (Å²) in [7, 11) is 3.30. The fraction of sp³-hybridized carbons (Fsp3) is 0.417. The maximum Gasteiger partial charge on any atom is 0.222 e. The maximum atomic E-state index is 12.8. The van der Waals surface area contributed by atoms with Gasteiger partial charge in [-0.25, -0.2) is 0 Å². The van der Waals surface area contributed by atoms with Crippen LogP contribution in [0.15, 0.2) is 42.6 Å². The van der Waals surface area contributed by atoms with Crippen LogP contribution in [0.25, 0.3) is 22.3 Å². The van der Waals surface area contributed by atoms with Crippen molar-refractivity contribution >= 4 is 16.8 Å². The Bertz CT molecular complexity index is 945. The molecule has 0 saturated carbocycles. The molecule has 1 N–H and O–H groups in total. The van der Waals surface area contributed by atoms with E-state index in [0.717, 1.165) is 29.7 Å². The summed E-state index contributed by atoms with van der Waals surface area (Å²) in [6.07, 6.45) is 3.88. The monoisotopic (exact) mass is 409 g/mol. The van der Waals surface area contributed by atoms with Crippen LogP contribution in [0, 0.1) is 6.92 Å². The van der Waals surface area contributed by atoms with Gasteiger partial charge in [0.15, 0.2) is 0 Å². The minimum absolute atomic E-state index is 0.138. The van der Waals surface area contributed by atoms with Crippen LogP contribution in [0.5, 0.6) is 0 Å². The molecule has 0 spiro atoms. The number of fused-ring (bicyclic) bond motifs is 1. The summed E-state index contributed by atoms with van der Waals surface area (Å²) >= 11 is 0. The van der Waals surface area contributed by atoms with Crippen LogP contribution in [-0.4, -0.2) is 61.3 Å². The molecular weight excluding hydrogens is 378 g/mol. The molecular formula is C24H31N3O3. The molecule has 0 aliphatic carbocycles. The number of methoxy groups -OCH3 is 2. The number of rotatable bonds is 11. The van der Waals surface area contributed by atoms with Crippen molar-refractivity contribution < 1.29 is 14.3 Å². The smallest absolute Gasteiger partial charge is 0.222 e. The molecule has 6 nitrogen and oxygen atoms in total. The van der Waals surface area contributed by atoms with Crippen molar-refractivity contribution in [1.29, 1.82) is 0 Å². The highest BCUT2D eigenvalue weighted by Gasteiger charge is 2.17. The van der Waals surface area contributed by atoms with Crippen LogP contribution >= 0.6 is 0 Å². The van der Waals surface area contributed by atoms with E-state index in [9.17, 15) is 4.79 Å². The molecule has 0 fully saturated rings. The molecule has 1 amide bonds. The molecule has 0 atom stereocenters. The van der Waals surface area contributed by atoms with Crippen molar-refractivity contribution in [2.24, 2.45) is 0 Å². The highest BCUT2D eigenvalue weighted by Crippen LogP contribution is 2.31. The molecule has 1 aromatic carbocycles. The molecule has 0 aliphatic rings. The summed E-state index contributed by atoms with van der Waals surface area (Å²) in [5.74, 6) is 0.138. The second-order valence-electron chi connectivity index (χ2n) is 7.46. The third kappa shape index (κ3) is 5.46. The predicted octanol–water partition coefficient (Wildman–Crippen LogP) is 3.98. The number of hydrogen-bond donors (Lipinski definition) is 1. The molecule has 3 aromatic rings. The number of H-pyrrole nitrogens is 1. The topological polar surface area (TPSA) is 67.5 Å². The number of aryl methyl sites for hydroxylation is 2.